The molecule has 4 heterocycles. The number of phenols is 2. The van der Waals surface area contributed by atoms with E-state index in [9.17, 15) is 39.3 Å². The number of nitrogens with zero attached hydrogens (tertiary/aromatic N) is 4. The molecule has 0 radical (unpaired) electrons. The van der Waals surface area contributed by atoms with Crippen LogP contribution in [0.3, 0.4) is 0 Å². The molecule has 7 N–H and O–H groups in total. The lowest BCUT2D eigenvalue weighted by molar-refractivity contribution is -0.911. The van der Waals surface area contributed by atoms with Gasteiger partial charge in [0.15, 0.2) is 22.3 Å². The van der Waals surface area contributed by atoms with E-state index in [1.165, 1.54) is 55.1 Å². The number of likely N-dealkylation sites (tertiary alicyclic amines) is 1. The van der Waals surface area contributed by atoms with Crippen LogP contribution >= 0.6 is 34.7 Å². The van der Waals surface area contributed by atoms with Crippen molar-refractivity contribution in [1.82, 2.24) is 20.5 Å². The molecule has 0 spiro atoms. The fourth-order valence-electron chi connectivity index (χ4n) is 6.00. The van der Waals surface area contributed by atoms with Gasteiger partial charge in [-0.15, -0.1) is 23.1 Å². The molecule has 3 aliphatic heterocycles. The van der Waals surface area contributed by atoms with Crippen molar-refractivity contribution in [2.24, 2.45) is 5.16 Å². The highest BCUT2D eigenvalue weighted by atomic mass is 35.5. The Morgan fingerprint density at radius 1 is 1.22 bits per heavy atom. The van der Waals surface area contributed by atoms with Gasteiger partial charge in [0.1, 0.15) is 29.4 Å². The number of anilines is 1. The van der Waals surface area contributed by atoms with Gasteiger partial charge in [-0.2, -0.15) is 0 Å². The SMILES string of the molecule is COC(=O)C1=C(C[N+]2(CCNC(=O)c3ccc(O)c(O)c3Cl)CCCC2)CS[C@@H]2[C@H](NC(=O)/C(=N\OC(C)(C)C(=O)O)c3csc(N)n3)C(=O)N12. The quantitative estimate of drug-likeness (QED) is 0.0421. The number of rotatable bonds is 13. The van der Waals surface area contributed by atoms with Crippen LogP contribution in [0, 0.1) is 0 Å². The van der Waals surface area contributed by atoms with Crippen LogP contribution in [0.5, 0.6) is 11.5 Å². The number of nitrogen functional groups attached to an aromatic ring is 1. The Labute approximate surface area is 305 Å². The molecule has 2 fully saturated rings. The van der Waals surface area contributed by atoms with Crippen LogP contribution in [0.2, 0.25) is 5.02 Å². The van der Waals surface area contributed by atoms with E-state index < -0.39 is 58.2 Å². The number of aliphatic carboxylic acids is 1. The molecule has 3 amide bonds. The molecule has 1 aromatic carbocycles. The highest BCUT2D eigenvalue weighted by molar-refractivity contribution is 8.00. The largest absolute Gasteiger partial charge is 0.504 e. The molecule has 51 heavy (non-hydrogen) atoms. The number of amides is 3. The Balaban J connectivity index is 1.32. The number of phenolic OH excluding ortho intramolecular Hbond substituents is 2. The van der Waals surface area contributed by atoms with Gasteiger partial charge < -0.3 is 45.7 Å². The number of carbonyl (C=O) groups excluding carboxylic acids is 4. The lowest BCUT2D eigenvalue weighted by atomic mass is 10.0. The number of nitrogens with one attached hydrogen (secondary N) is 2. The fraction of sp³-hybridized carbons (Fsp3) is 0.452. The zero-order valence-electron chi connectivity index (χ0n) is 27.8. The zero-order chi connectivity index (χ0) is 37.2. The van der Waals surface area contributed by atoms with Crippen LogP contribution in [0.4, 0.5) is 5.13 Å². The molecular weight excluding hydrogens is 730 g/mol. The molecule has 2 aromatic rings. The molecule has 1 aromatic heterocycles. The molecule has 17 nitrogen and oxygen atoms in total. The molecule has 2 saturated heterocycles. The number of nitrogens with two attached hydrogens (primary N) is 1. The third kappa shape index (κ3) is 7.70. The van der Waals surface area contributed by atoms with E-state index in [0.29, 0.717) is 28.9 Å². The van der Waals surface area contributed by atoms with Crippen molar-refractivity contribution in [3.8, 4) is 11.5 Å². The highest BCUT2D eigenvalue weighted by Crippen LogP contribution is 2.42. The second kappa shape index (κ2) is 14.9. The Hall–Kier alpha value is -4.59. The van der Waals surface area contributed by atoms with Crippen LogP contribution in [0.15, 0.2) is 33.9 Å². The van der Waals surface area contributed by atoms with Crippen molar-refractivity contribution in [2.45, 2.75) is 43.7 Å². The lowest BCUT2D eigenvalue weighted by Gasteiger charge is -2.50. The average molecular weight is 767 g/mol. The number of β-lactam (4-membered cyclic amide) rings is 1. The number of oxime groups is 1. The smallest absolute Gasteiger partial charge is 0.355 e. The van der Waals surface area contributed by atoms with Crippen molar-refractivity contribution in [3.63, 3.8) is 0 Å². The number of halogens is 1. The lowest BCUT2D eigenvalue weighted by Crippen LogP contribution is -2.71. The van der Waals surface area contributed by atoms with Gasteiger partial charge in [0.25, 0.3) is 17.7 Å². The molecule has 0 bridgehead atoms. The normalized spacial score (nSPS) is 20.0. The third-order valence-corrected chi connectivity index (χ3v) is 11.2. The summed E-state index contributed by atoms with van der Waals surface area (Å²) in [7, 11) is 1.22. The number of aromatic nitrogens is 1. The molecular formula is C31H37ClN7O10S2+. The van der Waals surface area contributed by atoms with E-state index in [2.05, 4.69) is 20.8 Å². The molecule has 0 aliphatic carbocycles. The number of esters is 1. The van der Waals surface area contributed by atoms with Gasteiger partial charge in [-0.1, -0.05) is 16.8 Å². The highest BCUT2D eigenvalue weighted by Gasteiger charge is 2.55. The number of methoxy groups -OCH3 is 1. The van der Waals surface area contributed by atoms with Gasteiger partial charge in [-0.05, 0) is 26.0 Å². The minimum absolute atomic E-state index is 0.00835. The van der Waals surface area contributed by atoms with Gasteiger partial charge in [0, 0.05) is 29.5 Å². The Morgan fingerprint density at radius 2 is 1.92 bits per heavy atom. The summed E-state index contributed by atoms with van der Waals surface area (Å²) in [5, 5.41) is 38.8. The van der Waals surface area contributed by atoms with E-state index in [1.807, 2.05) is 0 Å². The Bertz CT molecular complexity index is 1820. The number of hydrogen-bond donors (Lipinski definition) is 6. The number of carboxylic acid groups (broad SMARTS) is 1. The molecule has 0 saturated carbocycles. The van der Waals surface area contributed by atoms with Crippen LogP contribution in [0.25, 0.3) is 0 Å². The van der Waals surface area contributed by atoms with Crippen molar-refractivity contribution in [1.29, 1.82) is 0 Å². The summed E-state index contributed by atoms with van der Waals surface area (Å²) in [6.45, 7) is 5.17. The average Bonchev–Trinajstić information content (AvgIpc) is 3.74. The number of carboxylic acids is 1. The van der Waals surface area contributed by atoms with E-state index in [-0.39, 0.29) is 39.4 Å². The van der Waals surface area contributed by atoms with Crippen molar-refractivity contribution < 1.29 is 53.3 Å². The summed E-state index contributed by atoms with van der Waals surface area (Å²) in [4.78, 5) is 75.2. The van der Waals surface area contributed by atoms with Gasteiger partial charge >= 0.3 is 11.9 Å². The van der Waals surface area contributed by atoms with E-state index >= 15 is 0 Å². The van der Waals surface area contributed by atoms with Crippen LogP contribution in [-0.2, 0) is 28.8 Å². The third-order valence-electron chi connectivity index (χ3n) is 8.82. The first-order valence-electron chi connectivity index (χ1n) is 15.7. The maximum atomic E-state index is 13.6. The first-order valence-corrected chi connectivity index (χ1v) is 18.0. The number of hydrogen-bond acceptors (Lipinski definition) is 14. The number of benzene rings is 1. The second-order valence-electron chi connectivity index (χ2n) is 12.7. The van der Waals surface area contributed by atoms with Crippen LogP contribution in [-0.4, -0.2) is 128 Å². The molecule has 2 atom stereocenters. The van der Waals surface area contributed by atoms with Crippen LogP contribution in [0.1, 0.15) is 42.7 Å². The number of thiazole rings is 1. The predicted octanol–water partition coefficient (Wildman–Crippen LogP) is 1.24. The van der Waals surface area contributed by atoms with Gasteiger partial charge in [0.05, 0.1) is 43.9 Å². The maximum absolute atomic E-state index is 13.6. The molecule has 274 valence electrons. The first kappa shape index (κ1) is 37.7. The summed E-state index contributed by atoms with van der Waals surface area (Å²) in [6.07, 6.45) is 1.84. The summed E-state index contributed by atoms with van der Waals surface area (Å²) in [6, 6.07) is 1.42. The topological polar surface area (TPSA) is 243 Å². The van der Waals surface area contributed by atoms with E-state index in [1.54, 1.807) is 0 Å². The summed E-state index contributed by atoms with van der Waals surface area (Å²) in [5.74, 6) is -4.66. The number of ether oxygens (including phenoxy) is 1. The van der Waals surface area contributed by atoms with Gasteiger partial charge in [-0.25, -0.2) is 14.6 Å². The molecule has 20 heteroatoms. The monoisotopic (exact) mass is 766 g/mol. The van der Waals surface area contributed by atoms with Crippen molar-refractivity contribution in [2.75, 3.05) is 51.3 Å². The number of fused-ring (bicyclic) bond motifs is 1. The molecule has 5 rings (SSSR count). The summed E-state index contributed by atoms with van der Waals surface area (Å²) >= 11 is 8.44. The van der Waals surface area contributed by atoms with Crippen molar-refractivity contribution >= 4 is 75.2 Å². The van der Waals surface area contributed by atoms with E-state index in [4.69, 9.17) is 26.9 Å². The maximum Gasteiger partial charge on any atom is 0.355 e. The summed E-state index contributed by atoms with van der Waals surface area (Å²) < 4.78 is 5.63. The van der Waals surface area contributed by atoms with Crippen molar-refractivity contribution in [3.05, 3.63) is 45.1 Å². The number of aromatic hydroxyl groups is 2. The second-order valence-corrected chi connectivity index (χ2v) is 15.0. The number of thioether (sulfide) groups is 1. The summed E-state index contributed by atoms with van der Waals surface area (Å²) in [5.41, 5.74) is 4.40. The van der Waals surface area contributed by atoms with Gasteiger partial charge in [-0.3, -0.25) is 19.3 Å². The first-order chi connectivity index (χ1) is 24.1. The van der Waals surface area contributed by atoms with Gasteiger partial charge in [0.2, 0.25) is 5.60 Å². The zero-order valence-corrected chi connectivity index (χ0v) is 30.2. The van der Waals surface area contributed by atoms with E-state index in [0.717, 1.165) is 37.3 Å². The standard InChI is InChI=1S/C31H36ClN7O10S2/c1-31(2,29(46)47)49-37-20(17-14-51-30(33)35-17)25(43)36-21-26(44)38-22(28(45)48-3)15(13-50-27(21)38)12-39(9-4-5-10-39)11-8-34-24(42)16-6-7-18(40)23(41)19(16)32/h6-7,14,21,27H,4-5,8-13H2,1-3H3,(H6-,33,34,35,36,37,40,41,42,43,46,47)/p+1/t21-,27-/m1/s1. The minimum atomic E-state index is -1.78. The Morgan fingerprint density at radius 3 is 2.55 bits per heavy atom. The number of quaternary nitrogens is 1. The number of carbonyl (C=O) groups is 5. The minimum Gasteiger partial charge on any atom is -0.504 e. The fourth-order valence-corrected chi connectivity index (χ4v) is 8.13. The van der Waals surface area contributed by atoms with Crippen LogP contribution < -0.4 is 16.4 Å². The Kier molecular flexibility index (Phi) is 11.0. The molecule has 0 unspecified atom stereocenters. The predicted molar refractivity (Wildman–Crippen MR) is 186 cm³/mol. The molecule has 3 aliphatic rings.